The van der Waals surface area contributed by atoms with Gasteiger partial charge in [0.1, 0.15) is 0 Å². The van der Waals surface area contributed by atoms with E-state index in [1.807, 2.05) is 0 Å². The first kappa shape index (κ1) is 8.02. The van der Waals surface area contributed by atoms with Gasteiger partial charge in [-0.05, 0) is 41.0 Å². The molecule has 0 heterocycles. The quantitative estimate of drug-likeness (QED) is 0.558. The number of nitrogens with zero attached hydrogens (tertiary/aromatic N) is 2. The van der Waals surface area contributed by atoms with Gasteiger partial charge in [0.2, 0.25) is 0 Å². The molecule has 1 aliphatic carbocycles. The van der Waals surface area contributed by atoms with Crippen LogP contribution in [0.2, 0.25) is 0 Å². The maximum atomic E-state index is 2.33. The zero-order chi connectivity index (χ0) is 7.72. The van der Waals surface area contributed by atoms with Crippen LogP contribution in [0, 0.1) is 0 Å². The fourth-order valence-corrected chi connectivity index (χ4v) is 1.67. The molecule has 0 aliphatic heterocycles. The lowest BCUT2D eigenvalue weighted by Gasteiger charge is -2.44. The predicted molar refractivity (Wildman–Crippen MR) is 44.2 cm³/mol. The smallest absolute Gasteiger partial charge is 0.0245 e. The molecule has 1 saturated carbocycles. The molecule has 0 saturated heterocycles. The summed E-state index contributed by atoms with van der Waals surface area (Å²) in [7, 11) is 8.67. The molecule has 10 heavy (non-hydrogen) atoms. The van der Waals surface area contributed by atoms with Crippen molar-refractivity contribution in [3.8, 4) is 0 Å². The van der Waals surface area contributed by atoms with Crippen molar-refractivity contribution in [2.24, 2.45) is 0 Å². The topological polar surface area (TPSA) is 6.48 Å². The van der Waals surface area contributed by atoms with E-state index in [-0.39, 0.29) is 0 Å². The third-order valence-electron chi connectivity index (χ3n) is 2.53. The van der Waals surface area contributed by atoms with E-state index in [2.05, 4.69) is 38.0 Å². The summed E-state index contributed by atoms with van der Waals surface area (Å²) in [6.07, 6.45) is 2.74. The van der Waals surface area contributed by atoms with Crippen molar-refractivity contribution < 1.29 is 0 Å². The van der Waals surface area contributed by atoms with Crippen LogP contribution in [0.1, 0.15) is 12.8 Å². The highest BCUT2D eigenvalue weighted by atomic mass is 15.2. The third kappa shape index (κ3) is 1.32. The van der Waals surface area contributed by atoms with E-state index in [4.69, 9.17) is 0 Å². The lowest BCUT2D eigenvalue weighted by molar-refractivity contribution is 0.0662. The Morgan fingerprint density at radius 2 is 1.10 bits per heavy atom. The van der Waals surface area contributed by atoms with E-state index in [0.717, 1.165) is 12.1 Å². The number of rotatable bonds is 2. The van der Waals surface area contributed by atoms with E-state index < -0.39 is 0 Å². The summed E-state index contributed by atoms with van der Waals surface area (Å²) < 4.78 is 0. The van der Waals surface area contributed by atoms with E-state index >= 15 is 0 Å². The maximum Gasteiger partial charge on any atom is 0.0245 e. The number of hydrogen-bond acceptors (Lipinski definition) is 2. The van der Waals surface area contributed by atoms with Crippen LogP contribution in [0.15, 0.2) is 0 Å². The van der Waals surface area contributed by atoms with Crippen molar-refractivity contribution in [2.75, 3.05) is 28.2 Å². The van der Waals surface area contributed by atoms with E-state index in [0.29, 0.717) is 0 Å². The summed E-state index contributed by atoms with van der Waals surface area (Å²) in [5, 5.41) is 0. The molecule has 0 bridgehead atoms. The molecule has 0 amide bonds. The Morgan fingerprint density at radius 3 is 1.20 bits per heavy atom. The Morgan fingerprint density at radius 1 is 0.800 bits per heavy atom. The largest absolute Gasteiger partial charge is 0.305 e. The molecular weight excluding hydrogens is 124 g/mol. The van der Waals surface area contributed by atoms with Gasteiger partial charge < -0.3 is 9.80 Å². The predicted octanol–water partition coefficient (Wildman–Crippen LogP) is 0.641. The molecule has 0 radical (unpaired) electrons. The average molecular weight is 142 g/mol. The van der Waals surface area contributed by atoms with Crippen molar-refractivity contribution in [2.45, 2.75) is 24.9 Å². The molecule has 1 fully saturated rings. The van der Waals surface area contributed by atoms with Gasteiger partial charge in [-0.2, -0.15) is 0 Å². The number of hydrogen-bond donors (Lipinski definition) is 0. The minimum absolute atomic E-state index is 0.801. The summed E-state index contributed by atoms with van der Waals surface area (Å²) in [6, 6.07) is 1.60. The zero-order valence-corrected chi connectivity index (χ0v) is 7.46. The molecular formula is C8H18N2. The molecule has 0 aromatic rings. The fourth-order valence-electron chi connectivity index (χ4n) is 1.67. The highest BCUT2D eigenvalue weighted by molar-refractivity contribution is 4.91. The van der Waals surface area contributed by atoms with Gasteiger partial charge in [-0.25, -0.2) is 0 Å². The minimum atomic E-state index is 0.801. The Bertz CT molecular complexity index is 95.8. The summed E-state index contributed by atoms with van der Waals surface area (Å²) >= 11 is 0. The normalized spacial score (nSPS) is 33.0. The lowest BCUT2D eigenvalue weighted by atomic mass is 9.85. The van der Waals surface area contributed by atoms with Crippen LogP contribution in [-0.4, -0.2) is 50.1 Å². The molecule has 2 atom stereocenters. The van der Waals surface area contributed by atoms with Crippen LogP contribution in [0.5, 0.6) is 0 Å². The SMILES string of the molecule is CN(C)[C@@H]1CC[C@H]1N(C)C. The fraction of sp³-hybridized carbons (Fsp3) is 1.00. The maximum absolute atomic E-state index is 2.33. The van der Waals surface area contributed by atoms with Gasteiger partial charge in [0, 0.05) is 12.1 Å². The van der Waals surface area contributed by atoms with Gasteiger partial charge >= 0.3 is 0 Å². The summed E-state index contributed by atoms with van der Waals surface area (Å²) in [5.74, 6) is 0. The van der Waals surface area contributed by atoms with Gasteiger partial charge in [0.15, 0.2) is 0 Å². The van der Waals surface area contributed by atoms with Crippen LogP contribution < -0.4 is 0 Å². The highest BCUT2D eigenvalue weighted by Gasteiger charge is 2.33. The molecule has 2 heteroatoms. The molecule has 1 rings (SSSR count). The molecule has 60 valence electrons. The van der Waals surface area contributed by atoms with E-state index in [1.165, 1.54) is 12.8 Å². The van der Waals surface area contributed by atoms with Crippen LogP contribution >= 0.6 is 0 Å². The highest BCUT2D eigenvalue weighted by Crippen LogP contribution is 2.26. The van der Waals surface area contributed by atoms with Gasteiger partial charge in [0.25, 0.3) is 0 Å². The Labute approximate surface area is 63.8 Å². The van der Waals surface area contributed by atoms with Crippen molar-refractivity contribution in [1.82, 2.24) is 9.80 Å². The van der Waals surface area contributed by atoms with Crippen molar-refractivity contribution >= 4 is 0 Å². The average Bonchev–Trinajstić information content (AvgIpc) is 1.56. The third-order valence-corrected chi connectivity index (χ3v) is 2.53. The second kappa shape index (κ2) is 2.89. The standard InChI is InChI=1S/C8H18N2/c1-9(2)7-5-6-8(7)10(3)4/h7-8H,5-6H2,1-4H3/t7-,8-/m1/s1. The van der Waals surface area contributed by atoms with Gasteiger partial charge in [-0.3, -0.25) is 0 Å². The molecule has 0 aromatic heterocycles. The Kier molecular flexibility index (Phi) is 2.32. The number of likely N-dealkylation sites (N-methyl/N-ethyl adjacent to an activating group) is 2. The summed E-state index contributed by atoms with van der Waals surface area (Å²) in [6.45, 7) is 0. The van der Waals surface area contributed by atoms with Crippen LogP contribution in [0.4, 0.5) is 0 Å². The molecule has 0 unspecified atom stereocenters. The van der Waals surface area contributed by atoms with E-state index in [9.17, 15) is 0 Å². The molecule has 0 spiro atoms. The van der Waals surface area contributed by atoms with Crippen LogP contribution in [0.3, 0.4) is 0 Å². The monoisotopic (exact) mass is 142 g/mol. The first-order chi connectivity index (χ1) is 4.63. The zero-order valence-electron chi connectivity index (χ0n) is 7.46. The first-order valence-corrected chi connectivity index (χ1v) is 3.96. The molecule has 0 aromatic carbocycles. The Hall–Kier alpha value is -0.0800. The minimum Gasteiger partial charge on any atom is -0.305 e. The summed E-state index contributed by atoms with van der Waals surface area (Å²) in [5.41, 5.74) is 0. The Balaban J connectivity index is 2.36. The van der Waals surface area contributed by atoms with Crippen LogP contribution in [-0.2, 0) is 0 Å². The molecule has 2 nitrogen and oxygen atoms in total. The van der Waals surface area contributed by atoms with Crippen molar-refractivity contribution in [1.29, 1.82) is 0 Å². The van der Waals surface area contributed by atoms with Crippen molar-refractivity contribution in [3.05, 3.63) is 0 Å². The summed E-state index contributed by atoms with van der Waals surface area (Å²) in [4.78, 5) is 4.66. The van der Waals surface area contributed by atoms with Gasteiger partial charge in [-0.1, -0.05) is 0 Å². The molecule has 0 N–H and O–H groups in total. The van der Waals surface area contributed by atoms with Crippen LogP contribution in [0.25, 0.3) is 0 Å². The van der Waals surface area contributed by atoms with Gasteiger partial charge in [-0.15, -0.1) is 0 Å². The second-order valence-electron chi connectivity index (χ2n) is 3.64. The van der Waals surface area contributed by atoms with Gasteiger partial charge in [0.05, 0.1) is 0 Å². The molecule has 1 aliphatic rings. The first-order valence-electron chi connectivity index (χ1n) is 3.96. The van der Waals surface area contributed by atoms with Crippen molar-refractivity contribution in [3.63, 3.8) is 0 Å². The lowest BCUT2D eigenvalue weighted by Crippen LogP contribution is -2.53. The van der Waals surface area contributed by atoms with E-state index in [1.54, 1.807) is 0 Å². The second-order valence-corrected chi connectivity index (χ2v) is 3.64.